The Hall–Kier alpha value is -1.91. The van der Waals surface area contributed by atoms with Gasteiger partial charge in [-0.1, -0.05) is 0 Å². The summed E-state index contributed by atoms with van der Waals surface area (Å²) in [5.41, 5.74) is 0.465. The quantitative estimate of drug-likeness (QED) is 0.826. The monoisotopic (exact) mass is 331 g/mol. The van der Waals surface area contributed by atoms with Crippen LogP contribution in [0, 0.1) is 11.3 Å². The van der Waals surface area contributed by atoms with E-state index in [4.69, 9.17) is 9.47 Å². The van der Waals surface area contributed by atoms with Crippen molar-refractivity contribution in [2.24, 2.45) is 0 Å². The van der Waals surface area contributed by atoms with Gasteiger partial charge in [-0.2, -0.15) is 10.2 Å². The molecule has 1 unspecified atom stereocenters. The van der Waals surface area contributed by atoms with Crippen LogP contribution in [0.1, 0.15) is 44.6 Å². The van der Waals surface area contributed by atoms with Gasteiger partial charge in [0.05, 0.1) is 24.9 Å². The zero-order chi connectivity index (χ0) is 16.8. The number of nitriles is 1. The highest BCUT2D eigenvalue weighted by atomic mass is 16.5. The first-order valence-corrected chi connectivity index (χ1v) is 8.78. The summed E-state index contributed by atoms with van der Waals surface area (Å²) >= 11 is 0. The van der Waals surface area contributed by atoms with Gasteiger partial charge in [-0.15, -0.1) is 0 Å². The third kappa shape index (κ3) is 4.34. The standard InChI is InChI=1S/C17H25N5O2/c1-2-24-15-5-3-13(4-6-15)21-17-19-10-12(9-18)16(22-17)20-14-7-8-23-11-14/h10,13-15H,2-8,11H2,1H3,(H2,19,20,21,22)/t13-,14?,15-. The molecule has 1 aromatic heterocycles. The van der Waals surface area contributed by atoms with Crippen molar-refractivity contribution >= 4 is 11.8 Å². The number of anilines is 2. The molecule has 2 aliphatic rings. The Morgan fingerprint density at radius 3 is 2.75 bits per heavy atom. The zero-order valence-electron chi connectivity index (χ0n) is 14.1. The molecule has 1 aromatic rings. The Labute approximate surface area is 142 Å². The molecule has 7 nitrogen and oxygen atoms in total. The maximum atomic E-state index is 9.25. The number of hydrogen-bond acceptors (Lipinski definition) is 7. The summed E-state index contributed by atoms with van der Waals surface area (Å²) in [5, 5.41) is 16.0. The molecular formula is C17H25N5O2. The van der Waals surface area contributed by atoms with Gasteiger partial charge in [0.25, 0.3) is 0 Å². The van der Waals surface area contributed by atoms with Crippen molar-refractivity contribution in [1.29, 1.82) is 5.26 Å². The van der Waals surface area contributed by atoms with Gasteiger partial charge in [0.2, 0.25) is 5.95 Å². The molecule has 2 fully saturated rings. The normalized spacial score (nSPS) is 26.8. The number of nitrogens with zero attached hydrogens (tertiary/aromatic N) is 3. The van der Waals surface area contributed by atoms with Crippen molar-refractivity contribution in [3.8, 4) is 6.07 Å². The van der Waals surface area contributed by atoms with Gasteiger partial charge in [0.1, 0.15) is 17.5 Å². The SMILES string of the molecule is CCO[C@H]1CC[C@H](Nc2ncc(C#N)c(NC3CCOC3)n2)CC1. The van der Waals surface area contributed by atoms with Crippen molar-refractivity contribution in [2.45, 2.75) is 57.2 Å². The minimum atomic E-state index is 0.210. The molecule has 2 N–H and O–H groups in total. The molecule has 0 aromatic carbocycles. The highest BCUT2D eigenvalue weighted by Gasteiger charge is 2.23. The van der Waals surface area contributed by atoms with Crippen LogP contribution >= 0.6 is 0 Å². The van der Waals surface area contributed by atoms with Crippen LogP contribution in [0.4, 0.5) is 11.8 Å². The largest absolute Gasteiger partial charge is 0.379 e. The second-order valence-corrected chi connectivity index (χ2v) is 6.35. The fraction of sp³-hybridized carbons (Fsp3) is 0.706. The van der Waals surface area contributed by atoms with E-state index in [1.54, 1.807) is 6.20 Å². The van der Waals surface area contributed by atoms with E-state index in [-0.39, 0.29) is 6.04 Å². The third-order valence-corrected chi connectivity index (χ3v) is 4.59. The number of nitrogens with one attached hydrogen (secondary N) is 2. The average molecular weight is 331 g/mol. The molecule has 1 saturated heterocycles. The van der Waals surface area contributed by atoms with Gasteiger partial charge in [-0.3, -0.25) is 0 Å². The third-order valence-electron chi connectivity index (χ3n) is 4.59. The molecule has 3 rings (SSSR count). The summed E-state index contributed by atoms with van der Waals surface area (Å²) in [7, 11) is 0. The van der Waals surface area contributed by atoms with Crippen molar-refractivity contribution in [3.63, 3.8) is 0 Å². The van der Waals surface area contributed by atoms with Gasteiger partial charge in [-0.05, 0) is 39.0 Å². The molecule has 1 aliphatic heterocycles. The second kappa shape index (κ2) is 8.27. The van der Waals surface area contributed by atoms with E-state index in [2.05, 4.69) is 26.7 Å². The lowest BCUT2D eigenvalue weighted by Crippen LogP contribution is -2.30. The van der Waals surface area contributed by atoms with E-state index in [1.165, 1.54) is 0 Å². The number of rotatable bonds is 6. The lowest BCUT2D eigenvalue weighted by molar-refractivity contribution is 0.0346. The first kappa shape index (κ1) is 16.9. The highest BCUT2D eigenvalue weighted by molar-refractivity contribution is 5.54. The van der Waals surface area contributed by atoms with Gasteiger partial charge >= 0.3 is 0 Å². The van der Waals surface area contributed by atoms with Crippen molar-refractivity contribution in [3.05, 3.63) is 11.8 Å². The first-order valence-electron chi connectivity index (χ1n) is 8.78. The minimum Gasteiger partial charge on any atom is -0.379 e. The van der Waals surface area contributed by atoms with E-state index in [1.807, 2.05) is 6.92 Å². The Morgan fingerprint density at radius 2 is 2.08 bits per heavy atom. The number of ether oxygens (including phenoxy) is 2. The van der Waals surface area contributed by atoms with Crippen LogP contribution in [0.25, 0.3) is 0 Å². The molecule has 130 valence electrons. The predicted octanol–water partition coefficient (Wildman–Crippen LogP) is 2.31. The second-order valence-electron chi connectivity index (χ2n) is 6.35. The molecule has 1 aliphatic carbocycles. The summed E-state index contributed by atoms with van der Waals surface area (Å²) in [6.45, 7) is 4.22. The van der Waals surface area contributed by atoms with Crippen molar-refractivity contribution in [1.82, 2.24) is 9.97 Å². The van der Waals surface area contributed by atoms with Crippen LogP contribution in [0.3, 0.4) is 0 Å². The van der Waals surface area contributed by atoms with Crippen LogP contribution in [-0.2, 0) is 9.47 Å². The summed E-state index contributed by atoms with van der Waals surface area (Å²) in [6, 6.07) is 2.72. The zero-order valence-corrected chi connectivity index (χ0v) is 14.1. The fourth-order valence-corrected chi connectivity index (χ4v) is 3.28. The molecular weight excluding hydrogens is 306 g/mol. The predicted molar refractivity (Wildman–Crippen MR) is 90.9 cm³/mol. The van der Waals surface area contributed by atoms with Crippen LogP contribution in [0.5, 0.6) is 0 Å². The Morgan fingerprint density at radius 1 is 1.25 bits per heavy atom. The van der Waals surface area contributed by atoms with Crippen molar-refractivity contribution in [2.75, 3.05) is 30.5 Å². The van der Waals surface area contributed by atoms with Gasteiger partial charge in [-0.25, -0.2) is 4.98 Å². The van der Waals surface area contributed by atoms with Crippen LogP contribution in [-0.4, -0.2) is 48.0 Å². The van der Waals surface area contributed by atoms with E-state index < -0.39 is 0 Å². The molecule has 0 spiro atoms. The molecule has 0 radical (unpaired) electrons. The first-order chi connectivity index (χ1) is 11.8. The van der Waals surface area contributed by atoms with E-state index in [0.29, 0.717) is 36.1 Å². The minimum absolute atomic E-state index is 0.210. The lowest BCUT2D eigenvalue weighted by atomic mass is 9.93. The topological polar surface area (TPSA) is 92.1 Å². The van der Waals surface area contributed by atoms with Gasteiger partial charge < -0.3 is 20.1 Å². The fourth-order valence-electron chi connectivity index (χ4n) is 3.28. The van der Waals surface area contributed by atoms with E-state index >= 15 is 0 Å². The highest BCUT2D eigenvalue weighted by Crippen LogP contribution is 2.24. The molecule has 1 saturated carbocycles. The van der Waals surface area contributed by atoms with Crippen LogP contribution < -0.4 is 10.6 Å². The molecule has 7 heteroatoms. The van der Waals surface area contributed by atoms with Crippen LogP contribution in [0.2, 0.25) is 0 Å². The smallest absolute Gasteiger partial charge is 0.224 e. The van der Waals surface area contributed by atoms with Gasteiger partial charge in [0.15, 0.2) is 0 Å². The lowest BCUT2D eigenvalue weighted by Gasteiger charge is -2.29. The van der Waals surface area contributed by atoms with Crippen molar-refractivity contribution < 1.29 is 9.47 Å². The molecule has 0 bridgehead atoms. The number of aromatic nitrogens is 2. The summed E-state index contributed by atoms with van der Waals surface area (Å²) in [6.07, 6.45) is 7.12. The van der Waals surface area contributed by atoms with E-state index in [9.17, 15) is 5.26 Å². The molecule has 1 atom stereocenters. The Bertz CT molecular complexity index is 575. The number of hydrogen-bond donors (Lipinski definition) is 2. The Balaban J connectivity index is 1.60. The maximum Gasteiger partial charge on any atom is 0.224 e. The molecule has 24 heavy (non-hydrogen) atoms. The summed E-state index contributed by atoms with van der Waals surface area (Å²) in [5.74, 6) is 1.17. The molecule has 2 heterocycles. The maximum absolute atomic E-state index is 9.25. The Kier molecular flexibility index (Phi) is 5.83. The van der Waals surface area contributed by atoms with E-state index in [0.717, 1.165) is 45.3 Å². The van der Waals surface area contributed by atoms with Gasteiger partial charge in [0, 0.05) is 19.3 Å². The van der Waals surface area contributed by atoms with Crippen LogP contribution in [0.15, 0.2) is 6.20 Å². The summed E-state index contributed by atoms with van der Waals surface area (Å²) in [4.78, 5) is 8.80. The summed E-state index contributed by atoms with van der Waals surface area (Å²) < 4.78 is 11.1. The molecule has 0 amide bonds. The average Bonchev–Trinajstić information content (AvgIpc) is 3.10.